The zero-order valence-electron chi connectivity index (χ0n) is 12.0. The first kappa shape index (κ1) is 16.0. The van der Waals surface area contributed by atoms with Crippen molar-refractivity contribution in [3.05, 3.63) is 34.9 Å². The van der Waals surface area contributed by atoms with Gasteiger partial charge in [0.1, 0.15) is 6.54 Å². The highest BCUT2D eigenvalue weighted by Gasteiger charge is 2.43. The van der Waals surface area contributed by atoms with E-state index in [1.54, 1.807) is 31.2 Å². The molecule has 1 aliphatic heterocycles. The summed E-state index contributed by atoms with van der Waals surface area (Å²) in [6.07, 6.45) is 0. The van der Waals surface area contributed by atoms with Gasteiger partial charge in [0, 0.05) is 12.1 Å². The third kappa shape index (κ3) is 3.09. The molecule has 0 unspecified atom stereocenters. The van der Waals surface area contributed by atoms with E-state index in [0.29, 0.717) is 14.8 Å². The third-order valence-corrected chi connectivity index (χ3v) is 3.55. The Morgan fingerprint density at radius 2 is 1.77 bits per heavy atom. The number of hydrogen-bond acceptors (Lipinski definition) is 4. The minimum Gasteiger partial charge on any atom is -0.348 e. The number of hydrogen-bond donors (Lipinski definition) is 1. The number of rotatable bonds is 4. The van der Waals surface area contributed by atoms with Crippen molar-refractivity contribution in [1.29, 1.82) is 0 Å². The summed E-state index contributed by atoms with van der Waals surface area (Å²) in [5.74, 6) is -2.47. The molecule has 7 nitrogen and oxygen atoms in total. The summed E-state index contributed by atoms with van der Waals surface area (Å²) in [5, 5.41) is 3.24. The number of urea groups is 1. The Morgan fingerprint density at radius 1 is 1.18 bits per heavy atom. The SMILES string of the molecule is C[C@@H](NC(=O)CN1C(=O)C(=O)N(C)C1=O)c1ccc(Cl)cc1. The van der Waals surface area contributed by atoms with Crippen LogP contribution in [0.3, 0.4) is 0 Å². The quantitative estimate of drug-likeness (QED) is 0.660. The van der Waals surface area contributed by atoms with Gasteiger partial charge in [-0.15, -0.1) is 0 Å². The van der Waals surface area contributed by atoms with Crippen LogP contribution in [0.2, 0.25) is 5.02 Å². The Labute approximate surface area is 131 Å². The molecule has 0 saturated carbocycles. The highest BCUT2D eigenvalue weighted by Crippen LogP contribution is 2.16. The van der Waals surface area contributed by atoms with Gasteiger partial charge in [0.2, 0.25) is 5.91 Å². The molecule has 5 amide bonds. The van der Waals surface area contributed by atoms with Crippen molar-refractivity contribution in [2.45, 2.75) is 13.0 Å². The van der Waals surface area contributed by atoms with Crippen LogP contribution in [0.15, 0.2) is 24.3 Å². The molecule has 22 heavy (non-hydrogen) atoms. The lowest BCUT2D eigenvalue weighted by atomic mass is 10.1. The molecule has 2 rings (SSSR count). The van der Waals surface area contributed by atoms with Crippen molar-refractivity contribution < 1.29 is 19.2 Å². The number of halogens is 1. The molecule has 1 saturated heterocycles. The highest BCUT2D eigenvalue weighted by atomic mass is 35.5. The van der Waals surface area contributed by atoms with Gasteiger partial charge in [-0.25, -0.2) is 9.69 Å². The molecule has 1 fully saturated rings. The van der Waals surface area contributed by atoms with E-state index in [4.69, 9.17) is 11.6 Å². The molecule has 0 aromatic heterocycles. The second-order valence-corrected chi connectivity index (χ2v) is 5.32. The van der Waals surface area contributed by atoms with Crippen molar-refractivity contribution in [2.24, 2.45) is 0 Å². The predicted octanol–water partition coefficient (Wildman–Crippen LogP) is 0.938. The second kappa shape index (κ2) is 6.15. The molecule has 0 radical (unpaired) electrons. The number of carbonyl (C=O) groups excluding carboxylic acids is 4. The fourth-order valence-corrected chi connectivity index (χ4v) is 2.14. The van der Waals surface area contributed by atoms with E-state index in [9.17, 15) is 19.2 Å². The van der Waals surface area contributed by atoms with Gasteiger partial charge in [-0.2, -0.15) is 0 Å². The average molecular weight is 324 g/mol. The standard InChI is InChI=1S/C14H14ClN3O4/c1-8(9-3-5-10(15)6-4-9)16-11(19)7-18-13(21)12(20)17(2)14(18)22/h3-6,8H,7H2,1-2H3,(H,16,19)/t8-/m1/s1. The number of likely N-dealkylation sites (N-methyl/N-ethyl adjacent to an activating group) is 1. The molecule has 0 spiro atoms. The smallest absolute Gasteiger partial charge is 0.334 e. The molecule has 1 aromatic carbocycles. The van der Waals surface area contributed by atoms with Gasteiger partial charge in [-0.1, -0.05) is 23.7 Å². The Hall–Kier alpha value is -2.41. The van der Waals surface area contributed by atoms with Crippen molar-refractivity contribution in [1.82, 2.24) is 15.1 Å². The highest BCUT2D eigenvalue weighted by molar-refractivity contribution is 6.44. The molecule has 8 heteroatoms. The van der Waals surface area contributed by atoms with Gasteiger partial charge in [0.05, 0.1) is 6.04 Å². The summed E-state index contributed by atoms with van der Waals surface area (Å²) in [6.45, 7) is 1.26. The van der Waals surface area contributed by atoms with E-state index in [1.165, 1.54) is 7.05 Å². The maximum Gasteiger partial charge on any atom is 0.334 e. The van der Waals surface area contributed by atoms with Crippen LogP contribution in [-0.4, -0.2) is 47.1 Å². The third-order valence-electron chi connectivity index (χ3n) is 3.30. The van der Waals surface area contributed by atoms with Gasteiger partial charge in [-0.3, -0.25) is 19.3 Å². The first-order chi connectivity index (χ1) is 10.3. The average Bonchev–Trinajstić information content (AvgIpc) is 2.65. The second-order valence-electron chi connectivity index (χ2n) is 4.88. The summed E-state index contributed by atoms with van der Waals surface area (Å²) in [6, 6.07) is 5.78. The molecular formula is C14H14ClN3O4. The fraction of sp³-hybridized carbons (Fsp3) is 0.286. The minimum absolute atomic E-state index is 0.328. The Morgan fingerprint density at radius 3 is 2.27 bits per heavy atom. The molecule has 0 bridgehead atoms. The van der Waals surface area contributed by atoms with Crippen LogP contribution in [0.4, 0.5) is 4.79 Å². The van der Waals surface area contributed by atoms with E-state index >= 15 is 0 Å². The molecular weight excluding hydrogens is 310 g/mol. The van der Waals surface area contributed by atoms with Crippen molar-refractivity contribution >= 4 is 35.4 Å². The number of amides is 5. The number of benzene rings is 1. The zero-order valence-corrected chi connectivity index (χ0v) is 12.8. The molecule has 1 N–H and O–H groups in total. The lowest BCUT2D eigenvalue weighted by Crippen LogP contribution is -2.41. The molecule has 1 atom stereocenters. The molecule has 0 aliphatic carbocycles. The van der Waals surface area contributed by atoms with Crippen LogP contribution in [0.25, 0.3) is 0 Å². The molecule has 116 valence electrons. The van der Waals surface area contributed by atoms with Crippen LogP contribution < -0.4 is 5.32 Å². The lowest BCUT2D eigenvalue weighted by molar-refractivity contribution is -0.143. The number of carbonyl (C=O) groups is 4. The van der Waals surface area contributed by atoms with Crippen LogP contribution in [0, 0.1) is 0 Å². The van der Waals surface area contributed by atoms with Crippen molar-refractivity contribution in [3.63, 3.8) is 0 Å². The molecule has 1 heterocycles. The fourth-order valence-electron chi connectivity index (χ4n) is 2.02. The van der Waals surface area contributed by atoms with E-state index in [-0.39, 0.29) is 6.04 Å². The Kier molecular flexibility index (Phi) is 4.46. The van der Waals surface area contributed by atoms with E-state index < -0.39 is 30.3 Å². The first-order valence-corrected chi connectivity index (χ1v) is 6.87. The van der Waals surface area contributed by atoms with Gasteiger partial charge < -0.3 is 5.32 Å². The van der Waals surface area contributed by atoms with Crippen LogP contribution in [0.5, 0.6) is 0 Å². The van der Waals surface area contributed by atoms with Crippen molar-refractivity contribution in [3.8, 4) is 0 Å². The Balaban J connectivity index is 1.98. The van der Waals surface area contributed by atoms with Gasteiger partial charge in [0.15, 0.2) is 0 Å². The predicted molar refractivity (Wildman–Crippen MR) is 77.9 cm³/mol. The lowest BCUT2D eigenvalue weighted by Gasteiger charge is -2.17. The van der Waals surface area contributed by atoms with E-state index in [0.717, 1.165) is 5.56 Å². The van der Waals surface area contributed by atoms with Gasteiger partial charge in [0.25, 0.3) is 0 Å². The monoisotopic (exact) mass is 323 g/mol. The first-order valence-electron chi connectivity index (χ1n) is 6.49. The van der Waals surface area contributed by atoms with Gasteiger partial charge in [-0.05, 0) is 24.6 Å². The van der Waals surface area contributed by atoms with E-state index in [1.807, 2.05) is 0 Å². The van der Waals surface area contributed by atoms with Crippen LogP contribution >= 0.6 is 11.6 Å². The van der Waals surface area contributed by atoms with Crippen LogP contribution in [0.1, 0.15) is 18.5 Å². The summed E-state index contributed by atoms with van der Waals surface area (Å²) in [5.41, 5.74) is 0.824. The minimum atomic E-state index is -0.998. The summed E-state index contributed by atoms with van der Waals surface area (Å²) in [4.78, 5) is 47.8. The Bertz CT molecular complexity index is 644. The summed E-state index contributed by atoms with van der Waals surface area (Å²) in [7, 11) is 1.19. The number of nitrogens with zero attached hydrogens (tertiary/aromatic N) is 2. The maximum absolute atomic E-state index is 11.9. The topological polar surface area (TPSA) is 86.8 Å². The van der Waals surface area contributed by atoms with Crippen LogP contribution in [-0.2, 0) is 14.4 Å². The van der Waals surface area contributed by atoms with E-state index in [2.05, 4.69) is 5.32 Å². The number of nitrogens with one attached hydrogen (secondary N) is 1. The number of imide groups is 2. The zero-order chi connectivity index (χ0) is 16.4. The molecule has 1 aromatic rings. The van der Waals surface area contributed by atoms with Gasteiger partial charge >= 0.3 is 17.8 Å². The van der Waals surface area contributed by atoms with Crippen molar-refractivity contribution in [2.75, 3.05) is 13.6 Å². The summed E-state index contributed by atoms with van der Waals surface area (Å²) >= 11 is 5.79. The summed E-state index contributed by atoms with van der Waals surface area (Å²) < 4.78 is 0. The molecule has 1 aliphatic rings. The normalized spacial score (nSPS) is 16.2. The maximum atomic E-state index is 11.9. The largest absolute Gasteiger partial charge is 0.348 e.